The minimum absolute atomic E-state index is 0.0806. The predicted octanol–water partition coefficient (Wildman–Crippen LogP) is 24.1. The molecule has 0 saturated heterocycles. The molecular formula is C74H132O6. The summed E-state index contributed by atoms with van der Waals surface area (Å²) >= 11 is 0. The van der Waals surface area contributed by atoms with Crippen LogP contribution in [0.15, 0.2) is 72.9 Å². The highest BCUT2D eigenvalue weighted by Gasteiger charge is 2.19. The molecule has 0 aromatic rings. The van der Waals surface area contributed by atoms with Gasteiger partial charge in [0.2, 0.25) is 0 Å². The topological polar surface area (TPSA) is 78.9 Å². The predicted molar refractivity (Wildman–Crippen MR) is 348 cm³/mol. The Labute approximate surface area is 497 Å². The lowest BCUT2D eigenvalue weighted by molar-refractivity contribution is -0.167. The first-order chi connectivity index (χ1) is 39.5. The second kappa shape index (κ2) is 68.3. The van der Waals surface area contributed by atoms with Gasteiger partial charge in [0, 0.05) is 19.3 Å². The molecule has 80 heavy (non-hydrogen) atoms. The number of carbonyl (C=O) groups excluding carboxylic acids is 3. The molecule has 0 amide bonds. The number of hydrogen-bond donors (Lipinski definition) is 0. The van der Waals surface area contributed by atoms with Crippen molar-refractivity contribution in [3.8, 4) is 0 Å². The third-order valence-electron chi connectivity index (χ3n) is 15.4. The van der Waals surface area contributed by atoms with Crippen molar-refractivity contribution < 1.29 is 28.6 Å². The van der Waals surface area contributed by atoms with E-state index < -0.39 is 6.10 Å². The quantitative estimate of drug-likeness (QED) is 0.0261. The summed E-state index contributed by atoms with van der Waals surface area (Å²) < 4.78 is 17.0. The van der Waals surface area contributed by atoms with Crippen LogP contribution < -0.4 is 0 Å². The van der Waals surface area contributed by atoms with Crippen LogP contribution >= 0.6 is 0 Å². The standard InChI is InChI=1S/C74H132O6/c1-4-7-10-13-16-19-22-25-28-30-32-33-34-35-36-37-38-39-40-41-43-44-46-49-52-55-58-61-64-67-73(76)79-70-71(69-78-72(75)66-63-60-57-54-51-48-27-24-21-18-15-12-9-6-3)80-74(77)68-65-62-59-56-53-50-47-45-42-31-29-26-23-20-17-14-11-8-5-2/h17,20,22,24-27,29-30,32,42,45,71H,4-16,18-19,21,23,28,31,33-41,43-44,46-70H2,1-3H3/b20-17-,25-22-,27-24-,29-26-,32-30-,45-42-. The highest BCUT2D eigenvalue weighted by Crippen LogP contribution is 2.17. The molecule has 1 atom stereocenters. The smallest absolute Gasteiger partial charge is 0.306 e. The molecule has 0 aliphatic heterocycles. The van der Waals surface area contributed by atoms with Crippen molar-refractivity contribution in [2.45, 2.75) is 367 Å². The summed E-state index contributed by atoms with van der Waals surface area (Å²) in [5.41, 5.74) is 0. The lowest BCUT2D eigenvalue weighted by Gasteiger charge is -2.18. The van der Waals surface area contributed by atoms with Crippen LogP contribution in [0.1, 0.15) is 361 Å². The van der Waals surface area contributed by atoms with E-state index in [4.69, 9.17) is 14.2 Å². The Kier molecular flexibility index (Phi) is 65.7. The summed E-state index contributed by atoms with van der Waals surface area (Å²) in [5.74, 6) is -0.884. The molecule has 0 aromatic carbocycles. The van der Waals surface area contributed by atoms with Gasteiger partial charge in [-0.1, -0.05) is 299 Å². The van der Waals surface area contributed by atoms with Crippen LogP contribution in [0.5, 0.6) is 0 Å². The second-order valence-electron chi connectivity index (χ2n) is 23.4. The monoisotopic (exact) mass is 1120 g/mol. The molecule has 1 unspecified atom stereocenters. The fourth-order valence-corrected chi connectivity index (χ4v) is 10.1. The Balaban J connectivity index is 4.25. The maximum absolute atomic E-state index is 12.9. The Hall–Kier alpha value is -3.15. The van der Waals surface area contributed by atoms with Crippen LogP contribution in [-0.4, -0.2) is 37.2 Å². The maximum Gasteiger partial charge on any atom is 0.306 e. The maximum atomic E-state index is 12.9. The third-order valence-corrected chi connectivity index (χ3v) is 15.4. The molecule has 0 aromatic heterocycles. The third kappa shape index (κ3) is 65.7. The average molecular weight is 1120 g/mol. The average Bonchev–Trinajstić information content (AvgIpc) is 3.46. The molecule has 0 aliphatic carbocycles. The van der Waals surface area contributed by atoms with E-state index >= 15 is 0 Å². The Morgan fingerprint density at radius 2 is 0.450 bits per heavy atom. The molecule has 0 fully saturated rings. The lowest BCUT2D eigenvalue weighted by Crippen LogP contribution is -2.30. The Morgan fingerprint density at radius 1 is 0.250 bits per heavy atom. The Morgan fingerprint density at radius 3 is 0.738 bits per heavy atom. The molecule has 0 spiro atoms. The minimum atomic E-state index is -0.786. The van der Waals surface area contributed by atoms with Crippen LogP contribution in [0.3, 0.4) is 0 Å². The van der Waals surface area contributed by atoms with E-state index in [0.717, 1.165) is 96.3 Å². The summed E-state index contributed by atoms with van der Waals surface area (Å²) in [4.78, 5) is 38.4. The highest BCUT2D eigenvalue weighted by atomic mass is 16.6. The van der Waals surface area contributed by atoms with E-state index in [1.54, 1.807) is 0 Å². The van der Waals surface area contributed by atoms with E-state index in [0.29, 0.717) is 19.3 Å². The molecule has 0 radical (unpaired) electrons. The van der Waals surface area contributed by atoms with Crippen LogP contribution in [0, 0.1) is 0 Å². The molecule has 0 bridgehead atoms. The fourth-order valence-electron chi connectivity index (χ4n) is 10.1. The largest absolute Gasteiger partial charge is 0.462 e. The number of carbonyl (C=O) groups is 3. The normalized spacial score (nSPS) is 12.5. The summed E-state index contributed by atoms with van der Waals surface area (Å²) in [6, 6.07) is 0. The number of ether oxygens (including phenoxy) is 3. The van der Waals surface area contributed by atoms with Gasteiger partial charge in [-0.05, 0) is 116 Å². The van der Waals surface area contributed by atoms with Gasteiger partial charge >= 0.3 is 17.9 Å². The van der Waals surface area contributed by atoms with Gasteiger partial charge in [0.1, 0.15) is 13.2 Å². The van der Waals surface area contributed by atoms with Gasteiger partial charge in [-0.25, -0.2) is 0 Å². The zero-order valence-corrected chi connectivity index (χ0v) is 53.3. The molecular weight excluding hydrogens is 985 g/mol. The van der Waals surface area contributed by atoms with Gasteiger partial charge < -0.3 is 14.2 Å². The van der Waals surface area contributed by atoms with Crippen molar-refractivity contribution in [1.82, 2.24) is 0 Å². The van der Waals surface area contributed by atoms with E-state index in [9.17, 15) is 14.4 Å². The number of esters is 3. The molecule has 6 heteroatoms. The minimum Gasteiger partial charge on any atom is -0.462 e. The van der Waals surface area contributed by atoms with Gasteiger partial charge in [-0.3, -0.25) is 14.4 Å². The lowest BCUT2D eigenvalue weighted by atomic mass is 10.0. The molecule has 0 rings (SSSR count). The van der Waals surface area contributed by atoms with Gasteiger partial charge in [0.05, 0.1) is 0 Å². The summed E-state index contributed by atoms with van der Waals surface area (Å²) in [6.45, 7) is 6.62. The van der Waals surface area contributed by atoms with Gasteiger partial charge in [0.25, 0.3) is 0 Å². The van der Waals surface area contributed by atoms with Crippen molar-refractivity contribution >= 4 is 17.9 Å². The van der Waals surface area contributed by atoms with Crippen molar-refractivity contribution in [2.75, 3.05) is 13.2 Å². The number of unbranched alkanes of at least 4 members (excludes halogenated alkanes) is 41. The number of allylic oxidation sites excluding steroid dienone is 12. The van der Waals surface area contributed by atoms with Gasteiger partial charge in [-0.2, -0.15) is 0 Å². The number of rotatable bonds is 64. The summed E-state index contributed by atoms with van der Waals surface area (Å²) in [5, 5.41) is 0. The van der Waals surface area contributed by atoms with Crippen molar-refractivity contribution in [1.29, 1.82) is 0 Å². The first-order valence-corrected chi connectivity index (χ1v) is 34.9. The molecule has 0 saturated carbocycles. The first-order valence-electron chi connectivity index (χ1n) is 34.9. The summed E-state index contributed by atoms with van der Waals surface area (Å²) in [6.07, 6.45) is 89.2. The zero-order valence-electron chi connectivity index (χ0n) is 53.3. The van der Waals surface area contributed by atoms with Crippen LogP contribution in [0.4, 0.5) is 0 Å². The van der Waals surface area contributed by atoms with Gasteiger partial charge in [-0.15, -0.1) is 0 Å². The SMILES string of the molecule is CCCCC/C=C\C/C=C\C/C=C\CCCCCCCCC(=O)OC(COC(=O)CCCCCCC/C=C\CCCCCCC)COC(=O)CCCCCCCCCCCCCCCCCCC/C=C\C/C=C\CCCCCCC. The van der Waals surface area contributed by atoms with E-state index in [2.05, 4.69) is 93.7 Å². The van der Waals surface area contributed by atoms with Crippen LogP contribution in [0.25, 0.3) is 0 Å². The molecule has 464 valence electrons. The van der Waals surface area contributed by atoms with Crippen LogP contribution in [0.2, 0.25) is 0 Å². The molecule has 6 nitrogen and oxygen atoms in total. The number of hydrogen-bond acceptors (Lipinski definition) is 6. The molecule has 0 heterocycles. The second-order valence-corrected chi connectivity index (χ2v) is 23.4. The first kappa shape index (κ1) is 76.9. The van der Waals surface area contributed by atoms with E-state index in [-0.39, 0.29) is 31.1 Å². The molecule has 0 N–H and O–H groups in total. The van der Waals surface area contributed by atoms with E-state index in [1.165, 1.54) is 225 Å². The van der Waals surface area contributed by atoms with Crippen molar-refractivity contribution in [3.05, 3.63) is 72.9 Å². The van der Waals surface area contributed by atoms with Crippen LogP contribution in [-0.2, 0) is 28.6 Å². The van der Waals surface area contributed by atoms with Gasteiger partial charge in [0.15, 0.2) is 6.10 Å². The zero-order chi connectivity index (χ0) is 57.8. The van der Waals surface area contributed by atoms with Crippen molar-refractivity contribution in [2.24, 2.45) is 0 Å². The van der Waals surface area contributed by atoms with E-state index in [1.807, 2.05) is 0 Å². The Bertz CT molecular complexity index is 1470. The highest BCUT2D eigenvalue weighted by molar-refractivity contribution is 5.71. The fraction of sp³-hybridized carbons (Fsp3) is 0.797. The summed E-state index contributed by atoms with van der Waals surface area (Å²) in [7, 11) is 0. The van der Waals surface area contributed by atoms with Crippen molar-refractivity contribution in [3.63, 3.8) is 0 Å². The molecule has 0 aliphatic rings.